The Balaban J connectivity index is 1.38. The molecule has 2 aliphatic heterocycles. The van der Waals surface area contributed by atoms with E-state index in [4.69, 9.17) is 9.47 Å². The van der Waals surface area contributed by atoms with Crippen molar-refractivity contribution in [2.75, 3.05) is 51.9 Å². The van der Waals surface area contributed by atoms with Crippen molar-refractivity contribution in [1.82, 2.24) is 20.9 Å². The van der Waals surface area contributed by atoms with Crippen molar-refractivity contribution < 1.29 is 42.5 Å². The van der Waals surface area contributed by atoms with E-state index in [1.807, 2.05) is 12.1 Å². The predicted molar refractivity (Wildman–Crippen MR) is 150 cm³/mol. The third-order valence-electron chi connectivity index (χ3n) is 7.31. The SMILES string of the molecule is COCC1=C(C(=O)O)C(c2ccc(F)c(F)c2)N(C(=O)NCCNC2CCN(c3ccccc3C(=O)OC)CC2)C(=O)N1. The van der Waals surface area contributed by atoms with Crippen LogP contribution in [0, 0.1) is 11.6 Å². The second kappa shape index (κ2) is 14.1. The first-order chi connectivity index (χ1) is 20.7. The number of methoxy groups -OCH3 is 2. The van der Waals surface area contributed by atoms with E-state index in [0.717, 1.165) is 36.7 Å². The first kappa shape index (κ1) is 31.4. The average Bonchev–Trinajstić information content (AvgIpc) is 3.00. The van der Waals surface area contributed by atoms with Crippen LogP contribution in [0.2, 0.25) is 0 Å². The number of ether oxygens (including phenoxy) is 2. The van der Waals surface area contributed by atoms with Crippen molar-refractivity contribution in [3.63, 3.8) is 0 Å². The van der Waals surface area contributed by atoms with Gasteiger partial charge in [-0.25, -0.2) is 32.9 Å². The molecule has 12 nitrogen and oxygen atoms in total. The highest BCUT2D eigenvalue weighted by atomic mass is 19.2. The summed E-state index contributed by atoms with van der Waals surface area (Å²) in [6.07, 6.45) is 1.54. The minimum absolute atomic E-state index is 0.0928. The number of nitrogens with one attached hydrogen (secondary N) is 3. The molecule has 14 heteroatoms. The molecule has 0 aliphatic carbocycles. The van der Waals surface area contributed by atoms with Crippen LogP contribution in [0.5, 0.6) is 0 Å². The summed E-state index contributed by atoms with van der Waals surface area (Å²) < 4.78 is 37.7. The molecule has 2 aliphatic rings. The van der Waals surface area contributed by atoms with Crippen LogP contribution in [0.3, 0.4) is 0 Å². The number of aliphatic carboxylic acids is 1. The number of hydrogen-bond donors (Lipinski definition) is 4. The van der Waals surface area contributed by atoms with Gasteiger partial charge in [0.1, 0.15) is 6.04 Å². The highest BCUT2D eigenvalue weighted by Gasteiger charge is 2.42. The van der Waals surface area contributed by atoms with E-state index < -0.39 is 47.3 Å². The van der Waals surface area contributed by atoms with E-state index in [9.17, 15) is 33.1 Å². The molecule has 1 atom stereocenters. The van der Waals surface area contributed by atoms with E-state index >= 15 is 0 Å². The van der Waals surface area contributed by atoms with Crippen LogP contribution in [0.1, 0.15) is 34.8 Å². The lowest BCUT2D eigenvalue weighted by molar-refractivity contribution is -0.133. The number of nitrogens with zero attached hydrogens (tertiary/aromatic N) is 2. The van der Waals surface area contributed by atoms with Gasteiger partial charge in [0.25, 0.3) is 0 Å². The molecule has 43 heavy (non-hydrogen) atoms. The van der Waals surface area contributed by atoms with Crippen LogP contribution in [0.4, 0.5) is 24.1 Å². The van der Waals surface area contributed by atoms with E-state index in [-0.39, 0.29) is 30.5 Å². The number of carbonyl (C=O) groups excluding carboxylic acids is 3. The molecular weight excluding hydrogens is 568 g/mol. The minimum Gasteiger partial charge on any atom is -0.478 e. The maximum absolute atomic E-state index is 14.1. The second-order valence-corrected chi connectivity index (χ2v) is 9.96. The van der Waals surface area contributed by atoms with Crippen LogP contribution < -0.4 is 20.9 Å². The molecule has 0 radical (unpaired) electrons. The Morgan fingerprint density at radius 1 is 1.05 bits per heavy atom. The lowest BCUT2D eigenvalue weighted by Crippen LogP contribution is -2.55. The van der Waals surface area contributed by atoms with Gasteiger partial charge < -0.3 is 35.4 Å². The van der Waals surface area contributed by atoms with E-state index in [2.05, 4.69) is 20.9 Å². The zero-order chi connectivity index (χ0) is 31.1. The number of benzene rings is 2. The van der Waals surface area contributed by atoms with E-state index in [0.29, 0.717) is 30.1 Å². The summed E-state index contributed by atoms with van der Waals surface area (Å²) in [6.45, 7) is 1.53. The smallest absolute Gasteiger partial charge is 0.339 e. The molecule has 4 rings (SSSR count). The van der Waals surface area contributed by atoms with Gasteiger partial charge in [-0.05, 0) is 42.7 Å². The molecule has 2 aromatic carbocycles. The first-order valence-electron chi connectivity index (χ1n) is 13.6. The molecule has 4 amide bonds. The van der Waals surface area contributed by atoms with Crippen molar-refractivity contribution in [1.29, 1.82) is 0 Å². The Morgan fingerprint density at radius 3 is 2.42 bits per heavy atom. The zero-order valence-electron chi connectivity index (χ0n) is 23.7. The number of carboxylic acid groups (broad SMARTS) is 1. The highest BCUT2D eigenvalue weighted by Crippen LogP contribution is 2.34. The van der Waals surface area contributed by atoms with Gasteiger partial charge in [-0.15, -0.1) is 0 Å². The van der Waals surface area contributed by atoms with Crippen molar-refractivity contribution in [2.24, 2.45) is 0 Å². The molecule has 0 saturated carbocycles. The largest absolute Gasteiger partial charge is 0.478 e. The van der Waals surface area contributed by atoms with Gasteiger partial charge in [-0.1, -0.05) is 18.2 Å². The minimum atomic E-state index is -1.54. The second-order valence-electron chi connectivity index (χ2n) is 9.96. The third-order valence-corrected chi connectivity index (χ3v) is 7.31. The number of imide groups is 1. The van der Waals surface area contributed by atoms with E-state index in [1.165, 1.54) is 14.2 Å². The van der Waals surface area contributed by atoms with Crippen LogP contribution in [0.25, 0.3) is 0 Å². The van der Waals surface area contributed by atoms with Crippen molar-refractivity contribution >= 4 is 29.7 Å². The maximum Gasteiger partial charge on any atom is 0.339 e. The monoisotopic (exact) mass is 601 g/mol. The number of rotatable bonds is 10. The van der Waals surface area contributed by atoms with Gasteiger partial charge in [0.05, 0.1) is 36.2 Å². The maximum atomic E-state index is 14.1. The topological polar surface area (TPSA) is 150 Å². The molecule has 1 saturated heterocycles. The molecule has 1 unspecified atom stereocenters. The molecular formula is C29H33F2N5O7. The third kappa shape index (κ3) is 7.09. The fourth-order valence-corrected chi connectivity index (χ4v) is 5.27. The molecule has 2 aromatic rings. The summed E-state index contributed by atoms with van der Waals surface area (Å²) in [5.74, 6) is -4.29. The molecule has 4 N–H and O–H groups in total. The molecule has 230 valence electrons. The lowest BCUT2D eigenvalue weighted by Gasteiger charge is -2.36. The molecule has 0 bridgehead atoms. The fraction of sp³-hybridized carbons (Fsp3) is 0.379. The van der Waals surface area contributed by atoms with Gasteiger partial charge in [-0.2, -0.15) is 0 Å². The Kier molecular flexibility index (Phi) is 10.3. The molecule has 1 fully saturated rings. The normalized spacial score (nSPS) is 17.5. The number of para-hydroxylation sites is 1. The van der Waals surface area contributed by atoms with Crippen LogP contribution in [-0.2, 0) is 14.3 Å². The lowest BCUT2D eigenvalue weighted by atomic mass is 9.93. The average molecular weight is 602 g/mol. The zero-order valence-corrected chi connectivity index (χ0v) is 23.7. The van der Waals surface area contributed by atoms with Crippen molar-refractivity contribution in [2.45, 2.75) is 24.9 Å². The molecule has 0 spiro atoms. The summed E-state index contributed by atoms with van der Waals surface area (Å²) in [5, 5.41) is 18.3. The number of halogens is 2. The summed E-state index contributed by atoms with van der Waals surface area (Å²) in [7, 11) is 2.64. The van der Waals surface area contributed by atoms with Crippen LogP contribution in [-0.4, -0.2) is 87.1 Å². The number of piperidine rings is 1. The van der Waals surface area contributed by atoms with Gasteiger partial charge in [0.15, 0.2) is 11.6 Å². The Labute approximate surface area is 246 Å². The molecule has 0 aromatic heterocycles. The van der Waals surface area contributed by atoms with Gasteiger partial charge in [0.2, 0.25) is 0 Å². The van der Waals surface area contributed by atoms with Gasteiger partial charge in [-0.3, -0.25) is 0 Å². The number of urea groups is 2. The summed E-state index contributed by atoms with van der Waals surface area (Å²) in [6, 6.07) is 6.63. The number of carboxylic acids is 1. The Bertz CT molecular complexity index is 1410. The number of hydrogen-bond acceptors (Lipinski definition) is 8. The summed E-state index contributed by atoms with van der Waals surface area (Å²) in [4.78, 5) is 53.3. The fourth-order valence-electron chi connectivity index (χ4n) is 5.27. The van der Waals surface area contributed by atoms with Gasteiger partial charge >= 0.3 is 24.0 Å². The Hall–Kier alpha value is -4.56. The summed E-state index contributed by atoms with van der Waals surface area (Å²) >= 11 is 0. The quantitative estimate of drug-likeness (QED) is 0.238. The van der Waals surface area contributed by atoms with Crippen molar-refractivity contribution in [3.05, 3.63) is 76.5 Å². The number of anilines is 1. The standard InChI is InChI=1S/C29H33F2N5O7/c1-42-16-22-24(26(37)38)25(17-7-8-20(30)21(31)15-17)36(29(41)34-22)28(40)33-12-11-32-18-9-13-35(14-10-18)23-6-4-3-5-19(23)27(39)43-2/h3-8,15,18,25,32H,9-14,16H2,1-2H3,(H,33,40)(H,34,41)(H,37,38). The number of carbonyl (C=O) groups is 4. The first-order valence-corrected chi connectivity index (χ1v) is 13.6. The van der Waals surface area contributed by atoms with Crippen LogP contribution in [0.15, 0.2) is 53.7 Å². The van der Waals surface area contributed by atoms with Crippen LogP contribution >= 0.6 is 0 Å². The van der Waals surface area contributed by atoms with Gasteiger partial charge in [0, 0.05) is 39.3 Å². The Morgan fingerprint density at radius 2 is 1.77 bits per heavy atom. The number of amides is 4. The highest BCUT2D eigenvalue weighted by molar-refractivity contribution is 6.01. The van der Waals surface area contributed by atoms with Crippen molar-refractivity contribution in [3.8, 4) is 0 Å². The number of esters is 1. The predicted octanol–water partition coefficient (Wildman–Crippen LogP) is 2.77. The van der Waals surface area contributed by atoms with E-state index in [1.54, 1.807) is 12.1 Å². The molecule has 2 heterocycles. The summed E-state index contributed by atoms with van der Waals surface area (Å²) in [5.41, 5.74) is 0.674.